The highest BCUT2D eigenvalue weighted by Gasteiger charge is 2.51. The molecule has 0 radical (unpaired) electrons. The van der Waals surface area contributed by atoms with Crippen LogP contribution >= 0.6 is 0 Å². The Balaban J connectivity index is 2.21. The minimum absolute atomic E-state index is 0.0702. The van der Waals surface area contributed by atoms with Crippen molar-refractivity contribution in [2.24, 2.45) is 10.7 Å². The van der Waals surface area contributed by atoms with Crippen molar-refractivity contribution in [3.05, 3.63) is 23.8 Å². The van der Waals surface area contributed by atoms with Gasteiger partial charge in [0.15, 0.2) is 11.3 Å². The number of fused-ring (bicyclic) bond motifs is 1. The lowest BCUT2D eigenvalue weighted by Gasteiger charge is -2.46. The smallest absolute Gasteiger partial charge is 0.257 e. The van der Waals surface area contributed by atoms with E-state index in [2.05, 4.69) is 10.3 Å². The molecule has 1 fully saturated rings. The topological polar surface area (TPSA) is 158 Å². The normalized spacial score (nSPS) is 26.8. The second-order valence-electron chi connectivity index (χ2n) is 8.40. The number of nitrogens with one attached hydrogen (secondary N) is 1. The lowest BCUT2D eigenvalue weighted by atomic mass is 9.83. The van der Waals surface area contributed by atoms with Crippen LogP contribution in [-0.4, -0.2) is 60.5 Å². The summed E-state index contributed by atoms with van der Waals surface area (Å²) in [5, 5.41) is 22.4. The van der Waals surface area contributed by atoms with E-state index in [-0.39, 0.29) is 24.3 Å². The Morgan fingerprint density at radius 2 is 2.19 bits per heavy atom. The summed E-state index contributed by atoms with van der Waals surface area (Å²) in [6.45, 7) is 5.71. The van der Waals surface area contributed by atoms with Gasteiger partial charge in [0.25, 0.3) is 5.91 Å². The Labute approximate surface area is 188 Å². The van der Waals surface area contributed by atoms with E-state index in [4.69, 9.17) is 15.7 Å². The highest BCUT2D eigenvalue weighted by atomic mass is 32.2. The third kappa shape index (κ3) is 3.85. The average Bonchev–Trinajstić information content (AvgIpc) is 2.72. The van der Waals surface area contributed by atoms with Gasteiger partial charge in [-0.15, -0.1) is 0 Å². The zero-order valence-corrected chi connectivity index (χ0v) is 19.1. The summed E-state index contributed by atoms with van der Waals surface area (Å²) in [5.74, 6) is -0.0554. The number of benzene rings is 1. The third-order valence-corrected chi connectivity index (χ3v) is 6.97. The van der Waals surface area contributed by atoms with Crippen molar-refractivity contribution in [3.8, 4) is 11.9 Å². The summed E-state index contributed by atoms with van der Waals surface area (Å²) < 4.78 is 30.2. The molecule has 1 aromatic rings. The van der Waals surface area contributed by atoms with Crippen molar-refractivity contribution in [2.45, 2.75) is 56.9 Å². The summed E-state index contributed by atoms with van der Waals surface area (Å²) in [6, 6.07) is 5.13. The van der Waals surface area contributed by atoms with Crippen LogP contribution in [0.5, 0.6) is 5.75 Å². The van der Waals surface area contributed by atoms with E-state index in [1.54, 1.807) is 50.1 Å². The quantitative estimate of drug-likeness (QED) is 0.247. The average molecular weight is 462 g/mol. The number of carbonyl (C=O) groups is 1. The number of anilines is 1. The van der Waals surface area contributed by atoms with Crippen molar-refractivity contribution < 1.29 is 23.1 Å². The molecule has 11 heteroatoms. The van der Waals surface area contributed by atoms with Gasteiger partial charge in [-0.3, -0.25) is 4.79 Å². The van der Waals surface area contributed by atoms with Crippen LogP contribution in [0.4, 0.5) is 5.69 Å². The number of nitrogens with zero attached hydrogens (tertiary/aromatic N) is 3. The Kier molecular flexibility index (Phi) is 6.33. The minimum Gasteiger partial charge on any atom is -0.483 e. The number of nitriles is 1. The highest BCUT2D eigenvalue weighted by molar-refractivity contribution is 7.73. The van der Waals surface area contributed by atoms with Crippen molar-refractivity contribution in [3.63, 3.8) is 0 Å². The molecule has 10 nitrogen and oxygen atoms in total. The third-order valence-electron chi connectivity index (χ3n) is 6.05. The number of piperidine rings is 1. The van der Waals surface area contributed by atoms with Crippen molar-refractivity contribution >= 4 is 33.0 Å². The van der Waals surface area contributed by atoms with E-state index < -0.39 is 33.1 Å². The fraction of sp³-hybridized carbons (Fsp3) is 0.524. The summed E-state index contributed by atoms with van der Waals surface area (Å²) in [6.07, 6.45) is 3.44. The summed E-state index contributed by atoms with van der Waals surface area (Å²) in [5.41, 5.74) is 2.77. The Bertz CT molecular complexity index is 1130. The molecule has 0 bridgehead atoms. The van der Waals surface area contributed by atoms with Gasteiger partial charge in [-0.1, -0.05) is 0 Å². The van der Waals surface area contributed by atoms with Crippen molar-refractivity contribution in [1.82, 2.24) is 5.32 Å². The van der Waals surface area contributed by atoms with Crippen LogP contribution in [-0.2, 0) is 21.5 Å². The molecule has 0 spiro atoms. The molecule has 1 saturated heterocycles. The van der Waals surface area contributed by atoms with Gasteiger partial charge in [-0.2, -0.15) is 18.7 Å². The molecule has 0 aromatic heterocycles. The molecule has 2 unspecified atom stereocenters. The molecule has 4 N–H and O–H groups in total. The molecule has 2 aliphatic rings. The van der Waals surface area contributed by atoms with Crippen LogP contribution in [0, 0.1) is 11.5 Å². The molecule has 2 atom stereocenters. The Hall–Kier alpha value is -2.94. The predicted molar refractivity (Wildman–Crippen MR) is 120 cm³/mol. The predicted octanol–water partition coefficient (Wildman–Crippen LogP) is 0.126. The Morgan fingerprint density at radius 3 is 2.81 bits per heavy atom. The lowest BCUT2D eigenvalue weighted by Crippen LogP contribution is -2.68. The number of rotatable bonds is 4. The number of hydrogen-bond donors (Lipinski definition) is 3. The number of nitrogens with two attached hydrogens (primary N) is 1. The number of aliphatic hydroxyl groups is 1. The maximum Gasteiger partial charge on any atom is 0.257 e. The Morgan fingerprint density at radius 1 is 1.47 bits per heavy atom. The van der Waals surface area contributed by atoms with Gasteiger partial charge < -0.3 is 25.8 Å². The van der Waals surface area contributed by atoms with E-state index in [0.717, 1.165) is 6.21 Å². The molecular weight excluding hydrogens is 434 g/mol. The van der Waals surface area contributed by atoms with Crippen LogP contribution in [0.2, 0.25) is 0 Å². The number of carbonyl (C=O) groups excluding carboxylic acids is 1. The van der Waals surface area contributed by atoms with Gasteiger partial charge in [0.2, 0.25) is 16.5 Å². The largest absolute Gasteiger partial charge is 0.483 e. The zero-order valence-electron chi connectivity index (χ0n) is 18.3. The summed E-state index contributed by atoms with van der Waals surface area (Å²) in [7, 11) is -2.69. The fourth-order valence-corrected chi connectivity index (χ4v) is 4.98. The van der Waals surface area contributed by atoms with E-state index in [9.17, 15) is 18.3 Å². The summed E-state index contributed by atoms with van der Waals surface area (Å²) in [4.78, 5) is 18.4. The van der Waals surface area contributed by atoms with Crippen LogP contribution in [0.1, 0.15) is 39.2 Å². The second-order valence-corrected chi connectivity index (χ2v) is 9.36. The van der Waals surface area contributed by atoms with Crippen LogP contribution < -0.4 is 20.7 Å². The van der Waals surface area contributed by atoms with Crippen LogP contribution in [0.15, 0.2) is 23.2 Å². The van der Waals surface area contributed by atoms with Gasteiger partial charge in [-0.25, -0.2) is 0 Å². The maximum absolute atomic E-state index is 13.3. The van der Waals surface area contributed by atoms with Gasteiger partial charge in [0.1, 0.15) is 11.4 Å². The van der Waals surface area contributed by atoms with Crippen LogP contribution in [0.25, 0.3) is 0 Å². The molecule has 1 amide bonds. The SMILES string of the molecule is CCNC(=O)C1(C=NC#N)C(=S(=O)=O)CCCN1c1ccc2c(c1)CC(N)(O)C(C)(C)O2. The van der Waals surface area contributed by atoms with Gasteiger partial charge in [-0.05, 0) is 51.8 Å². The second kappa shape index (κ2) is 8.54. The number of amides is 1. The fourth-order valence-electron chi connectivity index (χ4n) is 4.16. The lowest BCUT2D eigenvalue weighted by molar-refractivity contribution is -0.123. The first-order valence-corrected chi connectivity index (χ1v) is 11.4. The number of hydrogen-bond acceptors (Lipinski definition) is 9. The first-order chi connectivity index (χ1) is 15.0. The number of likely N-dealkylation sites (N-methyl/N-ethyl adjacent to an activating group) is 1. The molecule has 172 valence electrons. The zero-order chi connectivity index (χ0) is 23.7. The van der Waals surface area contributed by atoms with Gasteiger partial charge >= 0.3 is 0 Å². The molecule has 1 aromatic carbocycles. The van der Waals surface area contributed by atoms with E-state index in [0.29, 0.717) is 30.0 Å². The molecule has 32 heavy (non-hydrogen) atoms. The van der Waals surface area contributed by atoms with Crippen molar-refractivity contribution in [2.75, 3.05) is 18.0 Å². The molecular formula is C21H27N5O5S. The maximum atomic E-state index is 13.3. The first kappa shape index (κ1) is 23.7. The van der Waals surface area contributed by atoms with Crippen LogP contribution in [0.3, 0.4) is 0 Å². The number of aliphatic imine (C=N–C) groups is 1. The summed E-state index contributed by atoms with van der Waals surface area (Å²) >= 11 is 0. The minimum atomic E-state index is -2.69. The first-order valence-electron chi connectivity index (χ1n) is 10.3. The molecule has 2 heterocycles. The van der Waals surface area contributed by atoms with Crippen molar-refractivity contribution in [1.29, 1.82) is 5.26 Å². The molecule has 3 rings (SSSR count). The van der Waals surface area contributed by atoms with E-state index in [1.165, 1.54) is 0 Å². The standard InChI is InChI=1S/C21H27N5O5S/c1-4-25-18(27)20(12-24-13-22)17(32(29)30)6-5-9-26(20)15-7-8-16-14(10-15)11-21(23,28)19(2,3)31-16/h7-8,10,12,28H,4-6,9,11,23H2,1-3H3,(H,25,27). The molecule has 2 aliphatic heterocycles. The van der Waals surface area contributed by atoms with Gasteiger partial charge in [0, 0.05) is 30.8 Å². The van der Waals surface area contributed by atoms with E-state index in [1.807, 2.05) is 0 Å². The van der Waals surface area contributed by atoms with E-state index >= 15 is 0 Å². The monoisotopic (exact) mass is 461 g/mol. The highest BCUT2D eigenvalue weighted by Crippen LogP contribution is 2.40. The van der Waals surface area contributed by atoms with Gasteiger partial charge in [0.05, 0.1) is 11.1 Å². The molecule has 0 saturated carbocycles. The molecule has 0 aliphatic carbocycles. The number of ether oxygens (including phenoxy) is 1.